The second-order valence-electron chi connectivity index (χ2n) is 3.37. The number of hydrogen-bond donors (Lipinski definition) is 0. The van der Waals surface area contributed by atoms with Crippen LogP contribution in [0, 0.1) is 5.92 Å². The average molecular weight is 178 g/mol. The lowest BCUT2D eigenvalue weighted by atomic mass is 10.2. The second kappa shape index (κ2) is 3.11. The van der Waals surface area contributed by atoms with Gasteiger partial charge >= 0.3 is 0 Å². The van der Waals surface area contributed by atoms with Crippen LogP contribution in [0.3, 0.4) is 0 Å². The van der Waals surface area contributed by atoms with Crippen molar-refractivity contribution >= 4 is 10.1 Å². The predicted octanol–water partition coefficient (Wildman–Crippen LogP) is 1.15. The van der Waals surface area contributed by atoms with Gasteiger partial charge < -0.3 is 0 Å². The van der Waals surface area contributed by atoms with E-state index < -0.39 is 10.1 Å². The fourth-order valence-electron chi connectivity index (χ4n) is 0.684. The van der Waals surface area contributed by atoms with E-state index in [1.807, 2.05) is 13.8 Å². The lowest BCUT2D eigenvalue weighted by molar-refractivity contribution is 0.274. The highest BCUT2D eigenvalue weighted by atomic mass is 32.2. The molecule has 0 atom stereocenters. The molecule has 1 saturated carbocycles. The Hall–Kier alpha value is -0.0900. The summed E-state index contributed by atoms with van der Waals surface area (Å²) in [6, 6.07) is 0. The van der Waals surface area contributed by atoms with E-state index >= 15 is 0 Å². The van der Waals surface area contributed by atoms with Gasteiger partial charge in [0.1, 0.15) is 0 Å². The van der Waals surface area contributed by atoms with Gasteiger partial charge in [0.25, 0.3) is 10.1 Å². The van der Waals surface area contributed by atoms with E-state index in [9.17, 15) is 8.42 Å². The number of hydrogen-bond acceptors (Lipinski definition) is 3. The molecular formula is C7H14O3S. The van der Waals surface area contributed by atoms with Crippen molar-refractivity contribution in [1.82, 2.24) is 0 Å². The molecule has 0 unspecified atom stereocenters. The van der Waals surface area contributed by atoms with E-state index in [4.69, 9.17) is 4.18 Å². The Morgan fingerprint density at radius 3 is 2.36 bits per heavy atom. The first kappa shape index (κ1) is 9.00. The van der Waals surface area contributed by atoms with E-state index in [-0.39, 0.29) is 11.2 Å². The van der Waals surface area contributed by atoms with Crippen LogP contribution in [0.1, 0.15) is 26.7 Å². The van der Waals surface area contributed by atoms with E-state index in [0.717, 1.165) is 12.8 Å². The van der Waals surface area contributed by atoms with Crippen LogP contribution in [0.2, 0.25) is 0 Å². The third-order valence-electron chi connectivity index (χ3n) is 1.50. The molecule has 4 heteroatoms. The molecule has 0 saturated heterocycles. The molecular weight excluding hydrogens is 164 g/mol. The zero-order valence-corrected chi connectivity index (χ0v) is 7.73. The molecule has 11 heavy (non-hydrogen) atoms. The van der Waals surface area contributed by atoms with E-state index in [1.54, 1.807) is 0 Å². The first-order valence-electron chi connectivity index (χ1n) is 3.90. The van der Waals surface area contributed by atoms with Gasteiger partial charge in [-0.2, -0.15) is 8.42 Å². The van der Waals surface area contributed by atoms with Crippen LogP contribution in [0.25, 0.3) is 0 Å². The quantitative estimate of drug-likeness (QED) is 0.606. The molecule has 0 amide bonds. The first-order chi connectivity index (χ1) is 5.02. The molecule has 0 aromatic heterocycles. The summed E-state index contributed by atoms with van der Waals surface area (Å²) in [5.41, 5.74) is 0. The zero-order chi connectivity index (χ0) is 8.48. The van der Waals surface area contributed by atoms with Crippen LogP contribution in [0.15, 0.2) is 0 Å². The molecule has 1 fully saturated rings. The Balaban J connectivity index is 2.35. The van der Waals surface area contributed by atoms with Crippen LogP contribution in [-0.4, -0.2) is 20.3 Å². The molecule has 66 valence electrons. The lowest BCUT2D eigenvalue weighted by Gasteiger charge is -2.05. The molecule has 1 aliphatic rings. The fraction of sp³-hybridized carbons (Fsp3) is 1.00. The van der Waals surface area contributed by atoms with Crippen molar-refractivity contribution in [2.24, 2.45) is 5.92 Å². The Morgan fingerprint density at radius 1 is 1.45 bits per heavy atom. The van der Waals surface area contributed by atoms with E-state index in [0.29, 0.717) is 6.61 Å². The molecule has 3 nitrogen and oxygen atoms in total. The van der Waals surface area contributed by atoms with E-state index in [2.05, 4.69) is 0 Å². The highest BCUT2D eigenvalue weighted by Crippen LogP contribution is 2.29. The van der Waals surface area contributed by atoms with Crippen molar-refractivity contribution in [3.05, 3.63) is 0 Å². The van der Waals surface area contributed by atoms with Gasteiger partial charge in [-0.25, -0.2) is 0 Å². The van der Waals surface area contributed by atoms with Crippen LogP contribution >= 0.6 is 0 Å². The molecule has 1 aliphatic carbocycles. The normalized spacial score (nSPS) is 19.2. The van der Waals surface area contributed by atoms with Crippen molar-refractivity contribution in [3.8, 4) is 0 Å². The third-order valence-corrected chi connectivity index (χ3v) is 3.25. The minimum absolute atomic E-state index is 0.193. The lowest BCUT2D eigenvalue weighted by Crippen LogP contribution is -2.14. The van der Waals surface area contributed by atoms with Crippen molar-refractivity contribution in [2.75, 3.05) is 6.61 Å². The topological polar surface area (TPSA) is 43.4 Å². The van der Waals surface area contributed by atoms with Gasteiger partial charge in [-0.3, -0.25) is 4.18 Å². The Morgan fingerprint density at radius 2 is 2.00 bits per heavy atom. The third kappa shape index (κ3) is 2.79. The Bertz CT molecular complexity index is 214. The smallest absolute Gasteiger partial charge is 0.270 e. The minimum atomic E-state index is -3.18. The Labute approximate surface area is 67.9 Å². The number of rotatable bonds is 4. The van der Waals surface area contributed by atoms with E-state index in [1.165, 1.54) is 0 Å². The summed E-state index contributed by atoms with van der Waals surface area (Å²) in [6.45, 7) is 4.18. The minimum Gasteiger partial charge on any atom is -0.270 e. The largest absolute Gasteiger partial charge is 0.270 e. The highest BCUT2D eigenvalue weighted by molar-refractivity contribution is 7.87. The molecule has 0 heterocycles. The summed E-state index contributed by atoms with van der Waals surface area (Å²) >= 11 is 0. The molecule has 0 N–H and O–H groups in total. The molecule has 1 rings (SSSR count). The fourth-order valence-corrected chi connectivity index (χ4v) is 2.05. The SMILES string of the molecule is CC(C)COS(=O)(=O)C1CC1. The molecule has 0 aliphatic heterocycles. The standard InChI is InChI=1S/C7H14O3S/c1-6(2)5-10-11(8,9)7-3-4-7/h6-7H,3-5H2,1-2H3. The van der Waals surface area contributed by atoms with Gasteiger partial charge in [0.15, 0.2) is 0 Å². The zero-order valence-electron chi connectivity index (χ0n) is 6.91. The van der Waals surface area contributed by atoms with Crippen LogP contribution < -0.4 is 0 Å². The summed E-state index contributed by atoms with van der Waals surface area (Å²) in [6.07, 6.45) is 1.56. The molecule has 0 radical (unpaired) electrons. The molecule has 0 spiro atoms. The monoisotopic (exact) mass is 178 g/mol. The Kier molecular flexibility index (Phi) is 2.54. The van der Waals surface area contributed by atoms with Gasteiger partial charge in [-0.05, 0) is 18.8 Å². The highest BCUT2D eigenvalue weighted by Gasteiger charge is 2.36. The second-order valence-corrected chi connectivity index (χ2v) is 5.26. The van der Waals surface area contributed by atoms with Crippen LogP contribution in [0.5, 0.6) is 0 Å². The van der Waals surface area contributed by atoms with Gasteiger partial charge in [0, 0.05) is 0 Å². The molecule has 0 aromatic carbocycles. The summed E-state index contributed by atoms with van der Waals surface area (Å²) < 4.78 is 26.9. The average Bonchev–Trinajstić information content (AvgIpc) is 2.64. The maximum atomic E-state index is 11.1. The predicted molar refractivity (Wildman–Crippen MR) is 42.7 cm³/mol. The van der Waals surface area contributed by atoms with Crippen molar-refractivity contribution < 1.29 is 12.6 Å². The molecule has 0 aromatic rings. The van der Waals surface area contributed by atoms with Crippen LogP contribution in [0.4, 0.5) is 0 Å². The van der Waals surface area contributed by atoms with Gasteiger partial charge in [0.2, 0.25) is 0 Å². The van der Waals surface area contributed by atoms with Crippen molar-refractivity contribution in [3.63, 3.8) is 0 Å². The van der Waals surface area contributed by atoms with Crippen LogP contribution in [-0.2, 0) is 14.3 Å². The first-order valence-corrected chi connectivity index (χ1v) is 5.38. The summed E-state index contributed by atoms with van der Waals surface area (Å²) in [4.78, 5) is 0. The van der Waals surface area contributed by atoms with Gasteiger partial charge in [-0.15, -0.1) is 0 Å². The van der Waals surface area contributed by atoms with Crippen molar-refractivity contribution in [1.29, 1.82) is 0 Å². The summed E-state index contributed by atoms with van der Waals surface area (Å²) in [7, 11) is -3.18. The maximum absolute atomic E-state index is 11.1. The maximum Gasteiger partial charge on any atom is 0.270 e. The molecule has 0 bridgehead atoms. The summed E-state index contributed by atoms with van der Waals surface area (Å²) in [5.74, 6) is 0.281. The van der Waals surface area contributed by atoms with Gasteiger partial charge in [0.05, 0.1) is 11.9 Å². The summed E-state index contributed by atoms with van der Waals surface area (Å²) in [5, 5.41) is -0.193. The van der Waals surface area contributed by atoms with Crippen molar-refractivity contribution in [2.45, 2.75) is 31.9 Å². The van der Waals surface area contributed by atoms with Gasteiger partial charge in [-0.1, -0.05) is 13.8 Å².